The van der Waals surface area contributed by atoms with Gasteiger partial charge in [-0.2, -0.15) is 0 Å². The van der Waals surface area contributed by atoms with Crippen molar-refractivity contribution in [2.24, 2.45) is 16.3 Å². The summed E-state index contributed by atoms with van der Waals surface area (Å²) in [7, 11) is 0. The lowest BCUT2D eigenvalue weighted by Crippen LogP contribution is -2.49. The van der Waals surface area contributed by atoms with Crippen molar-refractivity contribution in [3.8, 4) is 0 Å². The molecule has 0 bridgehead atoms. The highest BCUT2D eigenvalue weighted by atomic mass is 16.4. The Morgan fingerprint density at radius 1 is 1.43 bits per heavy atom. The number of rotatable bonds is 9. The SMILES string of the molecule is CCC(CC)(C(=O)NCCCCn1ccnc1)C(N)=NO. The predicted octanol–water partition coefficient (Wildman–Crippen LogP) is 1.33. The van der Waals surface area contributed by atoms with Gasteiger partial charge < -0.3 is 20.8 Å². The molecule has 1 aromatic heterocycles. The van der Waals surface area contributed by atoms with Crippen LogP contribution in [0, 0.1) is 5.41 Å². The largest absolute Gasteiger partial charge is 0.409 e. The van der Waals surface area contributed by atoms with Crippen LogP contribution in [0.15, 0.2) is 23.9 Å². The molecule has 21 heavy (non-hydrogen) atoms. The van der Waals surface area contributed by atoms with Crippen LogP contribution >= 0.6 is 0 Å². The maximum atomic E-state index is 12.3. The minimum atomic E-state index is -0.918. The summed E-state index contributed by atoms with van der Waals surface area (Å²) in [6.45, 7) is 5.18. The minimum absolute atomic E-state index is 0.0246. The Kier molecular flexibility index (Phi) is 6.71. The average Bonchev–Trinajstić information content (AvgIpc) is 3.01. The standard InChI is InChI=1S/C14H25N5O2/c1-3-14(4-2,12(15)18-21)13(20)17-7-5-6-9-19-10-8-16-11-19/h8,10-11,21H,3-7,9H2,1-2H3,(H2,15,18)(H,17,20). The van der Waals surface area contributed by atoms with E-state index in [0.29, 0.717) is 19.4 Å². The van der Waals surface area contributed by atoms with Crippen molar-refractivity contribution in [1.29, 1.82) is 0 Å². The van der Waals surface area contributed by atoms with Crippen LogP contribution in [0.2, 0.25) is 0 Å². The summed E-state index contributed by atoms with van der Waals surface area (Å²) >= 11 is 0. The fourth-order valence-corrected chi connectivity index (χ4v) is 2.35. The number of unbranched alkanes of at least 4 members (excludes halogenated alkanes) is 1. The number of carbonyl (C=O) groups excluding carboxylic acids is 1. The quantitative estimate of drug-likeness (QED) is 0.210. The molecule has 0 fully saturated rings. The number of carbonyl (C=O) groups is 1. The van der Waals surface area contributed by atoms with Gasteiger partial charge in [0, 0.05) is 25.5 Å². The molecule has 0 saturated carbocycles. The molecule has 1 aromatic rings. The van der Waals surface area contributed by atoms with E-state index in [4.69, 9.17) is 10.9 Å². The molecule has 0 aromatic carbocycles. The van der Waals surface area contributed by atoms with Crippen LogP contribution < -0.4 is 11.1 Å². The van der Waals surface area contributed by atoms with E-state index >= 15 is 0 Å². The Labute approximate surface area is 125 Å². The molecule has 1 heterocycles. The molecular weight excluding hydrogens is 270 g/mol. The van der Waals surface area contributed by atoms with Gasteiger partial charge >= 0.3 is 0 Å². The number of amidine groups is 1. The number of amides is 1. The summed E-state index contributed by atoms with van der Waals surface area (Å²) in [6.07, 6.45) is 8.25. The zero-order valence-corrected chi connectivity index (χ0v) is 12.7. The number of nitrogens with two attached hydrogens (primary N) is 1. The monoisotopic (exact) mass is 295 g/mol. The summed E-state index contributed by atoms with van der Waals surface area (Å²) < 4.78 is 2.00. The highest BCUT2D eigenvalue weighted by Gasteiger charge is 2.39. The van der Waals surface area contributed by atoms with E-state index in [1.165, 1.54) is 0 Å². The maximum Gasteiger partial charge on any atom is 0.233 e. The lowest BCUT2D eigenvalue weighted by Gasteiger charge is -2.28. The van der Waals surface area contributed by atoms with Crippen molar-refractivity contribution in [1.82, 2.24) is 14.9 Å². The molecule has 118 valence electrons. The van der Waals surface area contributed by atoms with Gasteiger partial charge in [0.2, 0.25) is 5.91 Å². The molecule has 1 rings (SSSR count). The Morgan fingerprint density at radius 3 is 2.67 bits per heavy atom. The summed E-state index contributed by atoms with van der Waals surface area (Å²) in [5.74, 6) is -0.200. The first kappa shape index (κ1) is 17.0. The average molecular weight is 295 g/mol. The van der Waals surface area contributed by atoms with Crippen molar-refractivity contribution < 1.29 is 10.0 Å². The normalized spacial score (nSPS) is 12.4. The number of aryl methyl sites for hydroxylation is 1. The van der Waals surface area contributed by atoms with E-state index in [-0.39, 0.29) is 11.7 Å². The van der Waals surface area contributed by atoms with Crippen LogP contribution in [0.5, 0.6) is 0 Å². The zero-order valence-electron chi connectivity index (χ0n) is 12.7. The molecule has 0 radical (unpaired) electrons. The molecule has 0 atom stereocenters. The van der Waals surface area contributed by atoms with E-state index < -0.39 is 5.41 Å². The molecule has 1 amide bonds. The smallest absolute Gasteiger partial charge is 0.233 e. The Morgan fingerprint density at radius 2 is 2.14 bits per heavy atom. The Bertz CT molecular complexity index is 452. The van der Waals surface area contributed by atoms with Gasteiger partial charge in [0.1, 0.15) is 5.41 Å². The number of aromatic nitrogens is 2. The maximum absolute atomic E-state index is 12.3. The van der Waals surface area contributed by atoms with Gasteiger partial charge in [0.25, 0.3) is 0 Å². The second-order valence-electron chi connectivity index (χ2n) is 5.04. The third-order valence-electron chi connectivity index (χ3n) is 3.93. The fourth-order valence-electron chi connectivity index (χ4n) is 2.35. The lowest BCUT2D eigenvalue weighted by molar-refractivity contribution is -0.128. The number of oxime groups is 1. The Balaban J connectivity index is 2.40. The second kappa shape index (κ2) is 8.28. The molecule has 0 saturated heterocycles. The van der Waals surface area contributed by atoms with Crippen molar-refractivity contribution in [2.75, 3.05) is 6.54 Å². The van der Waals surface area contributed by atoms with Gasteiger partial charge in [0.05, 0.1) is 6.33 Å². The zero-order chi connectivity index (χ0) is 15.7. The first-order valence-electron chi connectivity index (χ1n) is 7.32. The van der Waals surface area contributed by atoms with E-state index in [9.17, 15) is 4.79 Å². The summed E-state index contributed by atoms with van der Waals surface area (Å²) in [6, 6.07) is 0. The second-order valence-corrected chi connectivity index (χ2v) is 5.04. The molecule has 0 aliphatic carbocycles. The van der Waals surface area contributed by atoms with E-state index in [1.807, 2.05) is 24.6 Å². The van der Waals surface area contributed by atoms with E-state index in [0.717, 1.165) is 19.4 Å². The summed E-state index contributed by atoms with van der Waals surface area (Å²) in [5, 5.41) is 14.8. The number of nitrogens with one attached hydrogen (secondary N) is 1. The highest BCUT2D eigenvalue weighted by Crippen LogP contribution is 2.26. The topological polar surface area (TPSA) is 106 Å². The van der Waals surface area contributed by atoms with Gasteiger partial charge in [-0.15, -0.1) is 0 Å². The van der Waals surface area contributed by atoms with Gasteiger partial charge in [-0.25, -0.2) is 4.98 Å². The number of hydrogen-bond donors (Lipinski definition) is 3. The number of nitrogens with zero attached hydrogens (tertiary/aromatic N) is 3. The first-order chi connectivity index (χ1) is 10.1. The van der Waals surface area contributed by atoms with Crippen molar-refractivity contribution >= 4 is 11.7 Å². The summed E-state index contributed by atoms with van der Waals surface area (Å²) in [5.41, 5.74) is 4.78. The minimum Gasteiger partial charge on any atom is -0.409 e. The van der Waals surface area contributed by atoms with Crippen LogP contribution in [-0.4, -0.2) is 33.0 Å². The van der Waals surface area contributed by atoms with Crippen molar-refractivity contribution in [2.45, 2.75) is 46.1 Å². The van der Waals surface area contributed by atoms with Crippen LogP contribution in [0.1, 0.15) is 39.5 Å². The number of hydrogen-bond acceptors (Lipinski definition) is 4. The van der Waals surface area contributed by atoms with E-state index in [1.54, 1.807) is 12.5 Å². The van der Waals surface area contributed by atoms with Crippen LogP contribution in [0.4, 0.5) is 0 Å². The Hall–Kier alpha value is -2.05. The molecule has 0 unspecified atom stereocenters. The molecule has 4 N–H and O–H groups in total. The first-order valence-corrected chi connectivity index (χ1v) is 7.32. The highest BCUT2D eigenvalue weighted by molar-refractivity contribution is 6.06. The van der Waals surface area contributed by atoms with Gasteiger partial charge in [-0.05, 0) is 25.7 Å². The summed E-state index contributed by atoms with van der Waals surface area (Å²) in [4.78, 5) is 16.3. The van der Waals surface area contributed by atoms with Crippen molar-refractivity contribution in [3.63, 3.8) is 0 Å². The molecule has 7 nitrogen and oxygen atoms in total. The van der Waals surface area contributed by atoms with E-state index in [2.05, 4.69) is 15.5 Å². The molecule has 0 spiro atoms. The molecule has 0 aliphatic heterocycles. The van der Waals surface area contributed by atoms with Gasteiger partial charge in [-0.1, -0.05) is 19.0 Å². The molecule has 7 heteroatoms. The number of imidazole rings is 1. The predicted molar refractivity (Wildman–Crippen MR) is 80.9 cm³/mol. The third kappa shape index (κ3) is 4.21. The lowest BCUT2D eigenvalue weighted by atomic mass is 9.80. The van der Waals surface area contributed by atoms with Gasteiger partial charge in [0.15, 0.2) is 5.84 Å². The molecule has 0 aliphatic rings. The van der Waals surface area contributed by atoms with Crippen LogP contribution in [0.25, 0.3) is 0 Å². The molecular formula is C14H25N5O2. The van der Waals surface area contributed by atoms with Gasteiger partial charge in [-0.3, -0.25) is 4.79 Å². The third-order valence-corrected chi connectivity index (χ3v) is 3.93. The van der Waals surface area contributed by atoms with Crippen LogP contribution in [0.3, 0.4) is 0 Å². The fraction of sp³-hybridized carbons (Fsp3) is 0.643. The van der Waals surface area contributed by atoms with Crippen LogP contribution in [-0.2, 0) is 11.3 Å². The van der Waals surface area contributed by atoms with Crippen molar-refractivity contribution in [3.05, 3.63) is 18.7 Å².